The van der Waals surface area contributed by atoms with Crippen LogP contribution in [0.1, 0.15) is 12.0 Å². The highest BCUT2D eigenvalue weighted by Gasteiger charge is 2.02. The lowest BCUT2D eigenvalue weighted by molar-refractivity contribution is 1.03. The van der Waals surface area contributed by atoms with Crippen LogP contribution in [0.3, 0.4) is 0 Å². The van der Waals surface area contributed by atoms with Crippen molar-refractivity contribution in [3.05, 3.63) is 60.2 Å². The minimum atomic E-state index is 0.806. The summed E-state index contributed by atoms with van der Waals surface area (Å²) in [5.41, 5.74) is 9.04. The van der Waals surface area contributed by atoms with Crippen LogP contribution < -0.4 is 5.73 Å². The van der Waals surface area contributed by atoms with E-state index in [2.05, 4.69) is 60.5 Å². The second-order valence-electron chi connectivity index (χ2n) is 3.84. The van der Waals surface area contributed by atoms with E-state index in [0.29, 0.717) is 0 Å². The molecular formula is C16H15N. The van der Waals surface area contributed by atoms with Gasteiger partial charge >= 0.3 is 0 Å². The summed E-state index contributed by atoms with van der Waals surface area (Å²) in [5.74, 6) is 2.90. The van der Waals surface area contributed by atoms with Crippen molar-refractivity contribution in [1.29, 1.82) is 0 Å². The number of hydrogen-bond acceptors (Lipinski definition) is 1. The Morgan fingerprint density at radius 1 is 0.882 bits per heavy atom. The quantitative estimate of drug-likeness (QED) is 0.625. The molecule has 0 radical (unpaired) electrons. The zero-order chi connectivity index (χ0) is 11.9. The number of aryl methyl sites for hydroxylation is 1. The van der Waals surface area contributed by atoms with E-state index >= 15 is 0 Å². The third-order valence-corrected chi connectivity index (χ3v) is 2.72. The Labute approximate surface area is 102 Å². The SMILES string of the molecule is NC#CCCc1ccccc1-c1ccccc1. The number of hydrogen-bond donors (Lipinski definition) is 1. The average Bonchev–Trinajstić information content (AvgIpc) is 2.41. The van der Waals surface area contributed by atoms with Crippen LogP contribution in [0.25, 0.3) is 11.1 Å². The number of nitrogens with two attached hydrogens (primary N) is 1. The molecule has 1 nitrogen and oxygen atoms in total. The second-order valence-corrected chi connectivity index (χ2v) is 3.84. The molecule has 0 aliphatic heterocycles. The fourth-order valence-electron chi connectivity index (χ4n) is 1.91. The summed E-state index contributed by atoms with van der Waals surface area (Å²) in [7, 11) is 0. The van der Waals surface area contributed by atoms with Gasteiger partial charge in [-0.05, 0) is 23.1 Å². The summed E-state index contributed by atoms with van der Waals surface area (Å²) < 4.78 is 0. The van der Waals surface area contributed by atoms with Gasteiger partial charge in [-0.25, -0.2) is 0 Å². The van der Waals surface area contributed by atoms with Crippen molar-refractivity contribution in [3.63, 3.8) is 0 Å². The van der Waals surface area contributed by atoms with Crippen molar-refractivity contribution in [3.8, 4) is 23.1 Å². The summed E-state index contributed by atoms with van der Waals surface area (Å²) in [5, 5.41) is 0. The topological polar surface area (TPSA) is 26.0 Å². The highest BCUT2D eigenvalue weighted by molar-refractivity contribution is 5.67. The summed E-state index contributed by atoms with van der Waals surface area (Å²) in [4.78, 5) is 0. The van der Waals surface area contributed by atoms with Gasteiger partial charge in [0.2, 0.25) is 0 Å². The highest BCUT2D eigenvalue weighted by atomic mass is 14.4. The molecule has 2 aromatic rings. The van der Waals surface area contributed by atoms with Crippen molar-refractivity contribution in [2.75, 3.05) is 0 Å². The maximum absolute atomic E-state index is 5.18. The van der Waals surface area contributed by atoms with Crippen molar-refractivity contribution in [1.82, 2.24) is 0 Å². The first-order valence-electron chi connectivity index (χ1n) is 5.73. The molecule has 0 aromatic heterocycles. The van der Waals surface area contributed by atoms with Crippen LogP contribution in [0.4, 0.5) is 0 Å². The molecular weight excluding hydrogens is 206 g/mol. The van der Waals surface area contributed by atoms with Gasteiger partial charge in [-0.15, -0.1) is 0 Å². The Morgan fingerprint density at radius 3 is 2.35 bits per heavy atom. The molecule has 0 aliphatic rings. The maximum Gasteiger partial charge on any atom is 0.0148 e. The fraction of sp³-hybridized carbons (Fsp3) is 0.125. The van der Waals surface area contributed by atoms with Crippen LogP contribution in [-0.2, 0) is 6.42 Å². The van der Waals surface area contributed by atoms with Gasteiger partial charge in [0.1, 0.15) is 0 Å². The Bertz CT molecular complexity index is 532. The van der Waals surface area contributed by atoms with Crippen molar-refractivity contribution >= 4 is 0 Å². The third-order valence-electron chi connectivity index (χ3n) is 2.72. The van der Waals surface area contributed by atoms with E-state index in [4.69, 9.17) is 5.73 Å². The van der Waals surface area contributed by atoms with E-state index < -0.39 is 0 Å². The van der Waals surface area contributed by atoms with Crippen LogP contribution in [0.5, 0.6) is 0 Å². The summed E-state index contributed by atoms with van der Waals surface area (Å²) in [6.07, 6.45) is 1.75. The minimum absolute atomic E-state index is 0.806. The van der Waals surface area contributed by atoms with E-state index in [0.717, 1.165) is 12.8 Å². The monoisotopic (exact) mass is 221 g/mol. The molecule has 0 heterocycles. The summed E-state index contributed by atoms with van der Waals surface area (Å²) >= 11 is 0. The van der Waals surface area contributed by atoms with Crippen LogP contribution in [0.2, 0.25) is 0 Å². The van der Waals surface area contributed by atoms with E-state index in [1.165, 1.54) is 16.7 Å². The molecule has 0 fully saturated rings. The van der Waals surface area contributed by atoms with E-state index in [9.17, 15) is 0 Å². The van der Waals surface area contributed by atoms with Gasteiger partial charge in [0.15, 0.2) is 0 Å². The fourth-order valence-corrected chi connectivity index (χ4v) is 1.91. The van der Waals surface area contributed by atoms with Gasteiger partial charge in [0.25, 0.3) is 0 Å². The predicted molar refractivity (Wildman–Crippen MR) is 72.2 cm³/mol. The van der Waals surface area contributed by atoms with Gasteiger partial charge in [-0.3, -0.25) is 0 Å². The lowest BCUT2D eigenvalue weighted by atomic mass is 9.97. The van der Waals surface area contributed by atoms with Crippen LogP contribution in [0, 0.1) is 12.0 Å². The normalized spacial score (nSPS) is 9.41. The van der Waals surface area contributed by atoms with E-state index in [1.807, 2.05) is 6.07 Å². The molecule has 0 saturated carbocycles. The Hall–Kier alpha value is -2.20. The number of rotatable bonds is 3. The van der Waals surface area contributed by atoms with Gasteiger partial charge in [0, 0.05) is 12.5 Å². The first-order valence-corrected chi connectivity index (χ1v) is 5.73. The molecule has 0 amide bonds. The van der Waals surface area contributed by atoms with Gasteiger partial charge in [-0.2, -0.15) is 0 Å². The second kappa shape index (κ2) is 5.77. The van der Waals surface area contributed by atoms with Crippen LogP contribution in [-0.4, -0.2) is 0 Å². The molecule has 84 valence electrons. The van der Waals surface area contributed by atoms with Gasteiger partial charge < -0.3 is 5.73 Å². The van der Waals surface area contributed by atoms with Crippen LogP contribution in [0.15, 0.2) is 54.6 Å². The predicted octanol–water partition coefficient (Wildman–Crippen LogP) is 3.21. The third kappa shape index (κ3) is 2.89. The first-order chi connectivity index (χ1) is 8.42. The highest BCUT2D eigenvalue weighted by Crippen LogP contribution is 2.24. The molecule has 2 aromatic carbocycles. The Morgan fingerprint density at radius 2 is 1.59 bits per heavy atom. The molecule has 0 saturated heterocycles. The Balaban J connectivity index is 2.30. The van der Waals surface area contributed by atoms with Crippen molar-refractivity contribution < 1.29 is 0 Å². The summed E-state index contributed by atoms with van der Waals surface area (Å²) in [6.45, 7) is 0. The maximum atomic E-state index is 5.18. The molecule has 0 atom stereocenters. The molecule has 1 heteroatoms. The molecule has 0 aliphatic carbocycles. The number of benzene rings is 2. The first kappa shape index (κ1) is 11.3. The lowest BCUT2D eigenvalue weighted by Crippen LogP contribution is -1.89. The zero-order valence-corrected chi connectivity index (χ0v) is 9.69. The van der Waals surface area contributed by atoms with Crippen LogP contribution >= 0.6 is 0 Å². The smallest absolute Gasteiger partial charge is 0.0148 e. The molecule has 0 spiro atoms. The van der Waals surface area contributed by atoms with Crippen molar-refractivity contribution in [2.45, 2.75) is 12.8 Å². The molecule has 0 bridgehead atoms. The van der Waals surface area contributed by atoms with Gasteiger partial charge in [0.05, 0.1) is 0 Å². The minimum Gasteiger partial charge on any atom is -0.359 e. The molecule has 0 unspecified atom stereocenters. The van der Waals surface area contributed by atoms with Crippen molar-refractivity contribution in [2.24, 2.45) is 5.73 Å². The molecule has 2 rings (SSSR count). The van der Waals surface area contributed by atoms with E-state index in [-0.39, 0.29) is 0 Å². The molecule has 17 heavy (non-hydrogen) atoms. The largest absolute Gasteiger partial charge is 0.359 e. The molecule has 2 N–H and O–H groups in total. The standard InChI is InChI=1S/C16H15N/c17-13-7-6-11-15-10-4-5-12-16(15)14-8-2-1-3-9-14/h1-5,8-10,12H,6,11,17H2. The van der Waals surface area contributed by atoms with E-state index in [1.54, 1.807) is 0 Å². The average molecular weight is 221 g/mol. The lowest BCUT2D eigenvalue weighted by Gasteiger charge is -2.08. The zero-order valence-electron chi connectivity index (χ0n) is 9.69. The summed E-state index contributed by atoms with van der Waals surface area (Å²) in [6, 6.07) is 21.3. The van der Waals surface area contributed by atoms with Gasteiger partial charge in [-0.1, -0.05) is 60.5 Å². The Kier molecular flexibility index (Phi) is 3.83.